The Morgan fingerprint density at radius 1 is 0.966 bits per heavy atom. The number of rotatable bonds is 7. The number of nitrogens with one attached hydrogen (secondary N) is 3. The van der Waals surface area contributed by atoms with Crippen molar-refractivity contribution in [2.45, 2.75) is 71.3 Å². The van der Waals surface area contributed by atoms with E-state index in [9.17, 15) is 14.4 Å². The normalized spacial score (nSPS) is 14.7. The summed E-state index contributed by atoms with van der Waals surface area (Å²) < 4.78 is 5.10. The van der Waals surface area contributed by atoms with Crippen molar-refractivity contribution in [3.8, 4) is 0 Å². The second-order valence-corrected chi connectivity index (χ2v) is 8.54. The van der Waals surface area contributed by atoms with Gasteiger partial charge < -0.3 is 20.7 Å². The van der Waals surface area contributed by atoms with Crippen molar-refractivity contribution in [1.82, 2.24) is 5.32 Å². The van der Waals surface area contributed by atoms with E-state index in [1.165, 1.54) is 32.1 Å². The molecule has 0 radical (unpaired) electrons. The Labute approximate surface area is 173 Å². The fraction of sp³-hybridized carbons (Fsp3) is 0.591. The molecule has 1 aromatic carbocycles. The Balaban J connectivity index is 1.81. The maximum atomic E-state index is 12.3. The van der Waals surface area contributed by atoms with E-state index in [0.29, 0.717) is 23.7 Å². The van der Waals surface area contributed by atoms with Crippen LogP contribution in [0, 0.1) is 5.92 Å². The number of amides is 3. The molecule has 29 heavy (non-hydrogen) atoms. The van der Waals surface area contributed by atoms with E-state index in [0.717, 1.165) is 6.42 Å². The van der Waals surface area contributed by atoms with Crippen molar-refractivity contribution in [3.05, 3.63) is 24.3 Å². The Morgan fingerprint density at radius 3 is 2.14 bits per heavy atom. The molecule has 0 heterocycles. The van der Waals surface area contributed by atoms with Crippen molar-refractivity contribution < 1.29 is 19.1 Å². The minimum Gasteiger partial charge on any atom is -0.444 e. The van der Waals surface area contributed by atoms with E-state index in [-0.39, 0.29) is 12.5 Å². The third kappa shape index (κ3) is 8.98. The number of anilines is 2. The van der Waals surface area contributed by atoms with Gasteiger partial charge in [0.1, 0.15) is 12.1 Å². The van der Waals surface area contributed by atoms with Gasteiger partial charge in [-0.1, -0.05) is 44.2 Å². The second kappa shape index (κ2) is 10.8. The average Bonchev–Trinajstić information content (AvgIpc) is 2.66. The molecule has 7 heteroatoms. The zero-order chi connectivity index (χ0) is 21.3. The molecule has 1 aromatic rings. The first-order chi connectivity index (χ1) is 13.7. The highest BCUT2D eigenvalue weighted by molar-refractivity contribution is 6.00. The quantitative estimate of drug-likeness (QED) is 0.627. The standard InChI is InChI=1S/C22H33N3O4/c1-22(2,3)29-21(28)23-15-20(27)25-18-12-8-7-11-17(18)24-19(26)14-13-16-9-5-4-6-10-16/h7-8,11-12,16H,4-6,9-10,13-15H2,1-3H3,(H,23,28)(H,24,26)(H,25,27). The van der Waals surface area contributed by atoms with Crippen LogP contribution in [0.3, 0.4) is 0 Å². The van der Waals surface area contributed by atoms with Gasteiger partial charge in [0, 0.05) is 6.42 Å². The predicted octanol–water partition coefficient (Wildman–Crippen LogP) is 4.45. The lowest BCUT2D eigenvalue weighted by Gasteiger charge is -2.21. The molecule has 1 aliphatic rings. The number of hydrogen-bond donors (Lipinski definition) is 3. The number of ether oxygens (including phenoxy) is 1. The van der Waals surface area contributed by atoms with E-state index < -0.39 is 17.6 Å². The first-order valence-electron chi connectivity index (χ1n) is 10.4. The summed E-state index contributed by atoms with van der Waals surface area (Å²) in [7, 11) is 0. The van der Waals surface area contributed by atoms with E-state index in [1.54, 1.807) is 45.0 Å². The fourth-order valence-corrected chi connectivity index (χ4v) is 3.39. The van der Waals surface area contributed by atoms with Crippen LogP contribution < -0.4 is 16.0 Å². The summed E-state index contributed by atoms with van der Waals surface area (Å²) in [6, 6.07) is 7.03. The first kappa shape index (κ1) is 22.7. The summed E-state index contributed by atoms with van der Waals surface area (Å²) in [5.41, 5.74) is 0.413. The highest BCUT2D eigenvalue weighted by Gasteiger charge is 2.18. The van der Waals surface area contributed by atoms with Crippen molar-refractivity contribution in [3.63, 3.8) is 0 Å². The van der Waals surface area contributed by atoms with E-state index in [2.05, 4.69) is 16.0 Å². The maximum absolute atomic E-state index is 12.3. The Hall–Kier alpha value is -2.57. The van der Waals surface area contributed by atoms with Gasteiger partial charge in [0.25, 0.3) is 0 Å². The van der Waals surface area contributed by atoms with Gasteiger partial charge in [0.2, 0.25) is 11.8 Å². The van der Waals surface area contributed by atoms with Gasteiger partial charge in [-0.05, 0) is 45.2 Å². The molecule has 0 bridgehead atoms. The number of alkyl carbamates (subject to hydrolysis) is 1. The van der Waals surface area contributed by atoms with Crippen LogP contribution in [0.5, 0.6) is 0 Å². The maximum Gasteiger partial charge on any atom is 0.408 e. The highest BCUT2D eigenvalue weighted by Crippen LogP contribution is 2.28. The fourth-order valence-electron chi connectivity index (χ4n) is 3.39. The molecule has 7 nitrogen and oxygen atoms in total. The first-order valence-corrected chi connectivity index (χ1v) is 10.4. The lowest BCUT2D eigenvalue weighted by Crippen LogP contribution is -2.37. The number of hydrogen-bond acceptors (Lipinski definition) is 4. The molecule has 0 saturated heterocycles. The van der Waals surface area contributed by atoms with Gasteiger partial charge >= 0.3 is 6.09 Å². The van der Waals surface area contributed by atoms with Crippen LogP contribution >= 0.6 is 0 Å². The molecule has 0 spiro atoms. The summed E-state index contributed by atoms with van der Waals surface area (Å²) in [5, 5.41) is 8.02. The highest BCUT2D eigenvalue weighted by atomic mass is 16.6. The smallest absolute Gasteiger partial charge is 0.408 e. The molecule has 1 saturated carbocycles. The van der Waals surface area contributed by atoms with E-state index in [1.807, 2.05) is 0 Å². The lowest BCUT2D eigenvalue weighted by atomic mass is 9.86. The van der Waals surface area contributed by atoms with E-state index >= 15 is 0 Å². The van der Waals surface area contributed by atoms with Crippen LogP contribution in [0.2, 0.25) is 0 Å². The zero-order valence-electron chi connectivity index (χ0n) is 17.7. The van der Waals surface area contributed by atoms with Crippen LogP contribution in [-0.2, 0) is 14.3 Å². The molecule has 3 N–H and O–H groups in total. The van der Waals surface area contributed by atoms with Crippen molar-refractivity contribution >= 4 is 29.3 Å². The van der Waals surface area contributed by atoms with Gasteiger partial charge in [-0.2, -0.15) is 0 Å². The Morgan fingerprint density at radius 2 is 1.55 bits per heavy atom. The van der Waals surface area contributed by atoms with Gasteiger partial charge in [0.05, 0.1) is 11.4 Å². The summed E-state index contributed by atoms with van der Waals surface area (Å²) >= 11 is 0. The second-order valence-electron chi connectivity index (χ2n) is 8.54. The largest absolute Gasteiger partial charge is 0.444 e. The zero-order valence-corrected chi connectivity index (χ0v) is 17.7. The molecule has 160 valence electrons. The van der Waals surface area contributed by atoms with Crippen molar-refractivity contribution in [2.75, 3.05) is 17.2 Å². The topological polar surface area (TPSA) is 96.5 Å². The summed E-state index contributed by atoms with van der Waals surface area (Å²) in [5.74, 6) is 0.187. The van der Waals surface area contributed by atoms with Crippen molar-refractivity contribution in [2.24, 2.45) is 5.92 Å². The molecule has 3 amide bonds. The molecule has 2 rings (SSSR count). The number of carbonyl (C=O) groups excluding carboxylic acids is 3. The number of benzene rings is 1. The lowest BCUT2D eigenvalue weighted by molar-refractivity contribution is -0.117. The third-order valence-electron chi connectivity index (χ3n) is 4.77. The number of para-hydroxylation sites is 2. The van der Waals surface area contributed by atoms with Crippen LogP contribution in [-0.4, -0.2) is 30.1 Å². The Bertz CT molecular complexity index is 706. The molecule has 0 atom stereocenters. The van der Waals surface area contributed by atoms with E-state index in [4.69, 9.17) is 4.74 Å². The van der Waals surface area contributed by atoms with Gasteiger partial charge in [-0.3, -0.25) is 9.59 Å². The van der Waals surface area contributed by atoms with Crippen LogP contribution in [0.1, 0.15) is 65.7 Å². The molecular weight excluding hydrogens is 370 g/mol. The van der Waals surface area contributed by atoms with Gasteiger partial charge in [-0.25, -0.2) is 4.79 Å². The van der Waals surface area contributed by atoms with Crippen LogP contribution in [0.25, 0.3) is 0 Å². The summed E-state index contributed by atoms with van der Waals surface area (Å²) in [4.78, 5) is 36.2. The SMILES string of the molecule is CC(C)(C)OC(=O)NCC(=O)Nc1ccccc1NC(=O)CCC1CCCCC1. The molecule has 0 aromatic heterocycles. The van der Waals surface area contributed by atoms with Gasteiger partial charge in [0.15, 0.2) is 0 Å². The molecule has 0 unspecified atom stereocenters. The summed E-state index contributed by atoms with van der Waals surface area (Å²) in [6.07, 6.45) is 6.98. The van der Waals surface area contributed by atoms with Crippen molar-refractivity contribution in [1.29, 1.82) is 0 Å². The average molecular weight is 404 g/mol. The monoisotopic (exact) mass is 403 g/mol. The molecular formula is C22H33N3O4. The molecule has 1 fully saturated rings. The number of carbonyl (C=O) groups is 3. The van der Waals surface area contributed by atoms with Crippen LogP contribution in [0.4, 0.5) is 16.2 Å². The minimum atomic E-state index is -0.656. The third-order valence-corrected chi connectivity index (χ3v) is 4.77. The van der Waals surface area contributed by atoms with Gasteiger partial charge in [-0.15, -0.1) is 0 Å². The summed E-state index contributed by atoms with van der Waals surface area (Å²) in [6.45, 7) is 5.03. The molecule has 1 aliphatic carbocycles. The predicted molar refractivity (Wildman–Crippen MR) is 114 cm³/mol. The molecule has 0 aliphatic heterocycles. The Kier molecular flexibility index (Phi) is 8.49. The van der Waals surface area contributed by atoms with Crippen LogP contribution in [0.15, 0.2) is 24.3 Å². The minimum absolute atomic E-state index is 0.0517.